The van der Waals surface area contributed by atoms with Crippen molar-refractivity contribution < 1.29 is 0 Å². The Bertz CT molecular complexity index is 513. The van der Waals surface area contributed by atoms with Gasteiger partial charge in [-0.15, -0.1) is 11.3 Å². The van der Waals surface area contributed by atoms with Crippen molar-refractivity contribution in [2.75, 3.05) is 5.32 Å². The molecule has 0 radical (unpaired) electrons. The summed E-state index contributed by atoms with van der Waals surface area (Å²) in [5, 5.41) is 6.67. The molecule has 0 saturated heterocycles. The normalized spacial score (nSPS) is 11.5. The molecule has 0 amide bonds. The molecule has 2 heterocycles. The van der Waals surface area contributed by atoms with E-state index < -0.39 is 0 Å². The molecule has 0 aromatic carbocycles. The first kappa shape index (κ1) is 12.5. The fourth-order valence-corrected chi connectivity index (χ4v) is 2.30. The van der Waals surface area contributed by atoms with Gasteiger partial charge in [-0.05, 0) is 25.4 Å². The summed E-state index contributed by atoms with van der Waals surface area (Å²) in [5.41, 5.74) is -0.366. The van der Waals surface area contributed by atoms with Crippen LogP contribution in [0.5, 0.6) is 0 Å². The van der Waals surface area contributed by atoms with Crippen LogP contribution < -0.4 is 5.32 Å². The molecule has 1 N–H and O–H groups in total. The van der Waals surface area contributed by atoms with Crippen molar-refractivity contribution in [1.29, 1.82) is 0 Å². The van der Waals surface area contributed by atoms with Crippen LogP contribution in [-0.4, -0.2) is 15.0 Å². The lowest BCUT2D eigenvalue weighted by Gasteiger charge is -2.24. The van der Waals surface area contributed by atoms with Crippen molar-refractivity contribution in [1.82, 2.24) is 15.0 Å². The molecular formula is C10H10Cl2N4S. The van der Waals surface area contributed by atoms with Crippen LogP contribution in [-0.2, 0) is 5.54 Å². The molecule has 2 aromatic rings. The molecule has 2 rings (SSSR count). The van der Waals surface area contributed by atoms with E-state index in [0.29, 0.717) is 10.8 Å². The highest BCUT2D eigenvalue weighted by Crippen LogP contribution is 2.29. The van der Waals surface area contributed by atoms with E-state index in [2.05, 4.69) is 20.3 Å². The Balaban J connectivity index is 2.29. The fourth-order valence-electron chi connectivity index (χ4n) is 1.31. The Morgan fingerprint density at radius 1 is 1.29 bits per heavy atom. The predicted molar refractivity (Wildman–Crippen MR) is 70.8 cm³/mol. The number of hydrogen-bond acceptors (Lipinski definition) is 5. The molecule has 2 aromatic heterocycles. The van der Waals surface area contributed by atoms with Crippen LogP contribution in [0.3, 0.4) is 0 Å². The molecule has 0 aliphatic rings. The first-order chi connectivity index (χ1) is 7.99. The maximum Gasteiger partial charge on any atom is 0.224 e. The van der Waals surface area contributed by atoms with Crippen molar-refractivity contribution in [3.05, 3.63) is 33.1 Å². The second-order valence-electron chi connectivity index (χ2n) is 3.92. The molecule has 0 unspecified atom stereocenters. The summed E-state index contributed by atoms with van der Waals surface area (Å²) in [7, 11) is 0. The van der Waals surface area contributed by atoms with Gasteiger partial charge in [-0.3, -0.25) is 0 Å². The van der Waals surface area contributed by atoms with Gasteiger partial charge in [-0.2, -0.15) is 4.98 Å². The van der Waals surface area contributed by atoms with Gasteiger partial charge in [0.2, 0.25) is 5.28 Å². The molecule has 0 atom stereocenters. The maximum atomic E-state index is 6.00. The molecule has 0 fully saturated rings. The van der Waals surface area contributed by atoms with Crippen LogP contribution in [0.15, 0.2) is 17.8 Å². The third-order valence-electron chi connectivity index (χ3n) is 2.11. The zero-order chi connectivity index (χ0) is 12.5. The van der Waals surface area contributed by atoms with Gasteiger partial charge in [0.15, 0.2) is 5.82 Å². The lowest BCUT2D eigenvalue weighted by atomic mass is 10.1. The van der Waals surface area contributed by atoms with Crippen LogP contribution in [0, 0.1) is 0 Å². The van der Waals surface area contributed by atoms with Gasteiger partial charge in [-0.25, -0.2) is 9.97 Å². The summed E-state index contributed by atoms with van der Waals surface area (Å²) >= 11 is 13.3. The van der Waals surface area contributed by atoms with Gasteiger partial charge in [0, 0.05) is 11.6 Å². The maximum absolute atomic E-state index is 6.00. The first-order valence-corrected chi connectivity index (χ1v) is 6.49. The number of thiazole rings is 1. The second-order valence-corrected chi connectivity index (χ2v) is 5.56. The Morgan fingerprint density at radius 3 is 2.71 bits per heavy atom. The van der Waals surface area contributed by atoms with Crippen LogP contribution in [0.1, 0.15) is 18.9 Å². The van der Waals surface area contributed by atoms with Gasteiger partial charge in [0.1, 0.15) is 10.0 Å². The van der Waals surface area contributed by atoms with E-state index in [1.165, 1.54) is 6.20 Å². The lowest BCUT2D eigenvalue weighted by Crippen LogP contribution is -2.28. The molecule has 0 spiro atoms. The molecule has 0 saturated carbocycles. The minimum Gasteiger partial charge on any atom is -0.357 e. The van der Waals surface area contributed by atoms with Crippen molar-refractivity contribution in [2.24, 2.45) is 0 Å². The van der Waals surface area contributed by atoms with Gasteiger partial charge in [0.25, 0.3) is 0 Å². The molecule has 0 aliphatic carbocycles. The van der Waals surface area contributed by atoms with Gasteiger partial charge >= 0.3 is 0 Å². The van der Waals surface area contributed by atoms with Gasteiger partial charge in [-0.1, -0.05) is 11.6 Å². The Labute approximate surface area is 113 Å². The minimum absolute atomic E-state index is 0.159. The lowest BCUT2D eigenvalue weighted by molar-refractivity contribution is 0.600. The van der Waals surface area contributed by atoms with E-state index >= 15 is 0 Å². The van der Waals surface area contributed by atoms with E-state index in [1.807, 2.05) is 19.2 Å². The topological polar surface area (TPSA) is 50.7 Å². The average Bonchev–Trinajstić information content (AvgIpc) is 2.77. The van der Waals surface area contributed by atoms with E-state index in [0.717, 1.165) is 5.01 Å². The predicted octanol–water partition coefficient (Wildman–Crippen LogP) is 3.59. The smallest absolute Gasteiger partial charge is 0.224 e. The highest BCUT2D eigenvalue weighted by atomic mass is 35.5. The summed E-state index contributed by atoms with van der Waals surface area (Å²) in [6, 6.07) is 0. The summed E-state index contributed by atoms with van der Waals surface area (Å²) in [4.78, 5) is 12.1. The quantitative estimate of drug-likeness (QED) is 0.877. The van der Waals surface area contributed by atoms with Crippen molar-refractivity contribution in [3.63, 3.8) is 0 Å². The third kappa shape index (κ3) is 2.86. The SMILES string of the molecule is CC(C)(Nc1nc(Cl)ncc1Cl)c1nccs1. The second kappa shape index (κ2) is 4.76. The van der Waals surface area contributed by atoms with E-state index in [-0.39, 0.29) is 10.8 Å². The highest BCUT2D eigenvalue weighted by Gasteiger charge is 2.24. The van der Waals surface area contributed by atoms with Gasteiger partial charge in [0.05, 0.1) is 11.7 Å². The monoisotopic (exact) mass is 288 g/mol. The van der Waals surface area contributed by atoms with Crippen LogP contribution in [0.25, 0.3) is 0 Å². The number of halogens is 2. The fraction of sp³-hybridized carbons (Fsp3) is 0.300. The minimum atomic E-state index is -0.366. The molecular weight excluding hydrogens is 279 g/mol. The number of nitrogens with zero attached hydrogens (tertiary/aromatic N) is 3. The van der Waals surface area contributed by atoms with Crippen molar-refractivity contribution >= 4 is 40.4 Å². The number of rotatable bonds is 3. The Morgan fingerprint density at radius 2 is 2.06 bits per heavy atom. The zero-order valence-electron chi connectivity index (χ0n) is 9.24. The molecule has 7 heteroatoms. The average molecular weight is 289 g/mol. The van der Waals surface area contributed by atoms with E-state index in [4.69, 9.17) is 23.2 Å². The zero-order valence-corrected chi connectivity index (χ0v) is 11.6. The number of anilines is 1. The summed E-state index contributed by atoms with van der Waals surface area (Å²) in [5.74, 6) is 0.506. The number of nitrogens with one attached hydrogen (secondary N) is 1. The summed E-state index contributed by atoms with van der Waals surface area (Å²) in [6.07, 6.45) is 3.23. The van der Waals surface area contributed by atoms with E-state index in [1.54, 1.807) is 17.5 Å². The van der Waals surface area contributed by atoms with Crippen molar-refractivity contribution in [2.45, 2.75) is 19.4 Å². The van der Waals surface area contributed by atoms with Crippen molar-refractivity contribution in [3.8, 4) is 0 Å². The molecule has 90 valence electrons. The Hall–Kier alpha value is -0.910. The van der Waals surface area contributed by atoms with Crippen LogP contribution in [0.4, 0.5) is 5.82 Å². The van der Waals surface area contributed by atoms with E-state index in [9.17, 15) is 0 Å². The van der Waals surface area contributed by atoms with Crippen LogP contribution >= 0.6 is 34.5 Å². The highest BCUT2D eigenvalue weighted by molar-refractivity contribution is 7.09. The van der Waals surface area contributed by atoms with Crippen LogP contribution in [0.2, 0.25) is 10.3 Å². The molecule has 0 bridgehead atoms. The summed E-state index contributed by atoms with van der Waals surface area (Å²) < 4.78 is 0. The number of aromatic nitrogens is 3. The Kier molecular flexibility index (Phi) is 3.51. The first-order valence-electron chi connectivity index (χ1n) is 4.85. The third-order valence-corrected chi connectivity index (χ3v) is 3.67. The molecule has 0 aliphatic heterocycles. The largest absolute Gasteiger partial charge is 0.357 e. The number of hydrogen-bond donors (Lipinski definition) is 1. The summed E-state index contributed by atoms with van der Waals surface area (Å²) in [6.45, 7) is 4.00. The van der Waals surface area contributed by atoms with Gasteiger partial charge < -0.3 is 5.32 Å². The molecule has 4 nitrogen and oxygen atoms in total. The standard InChI is InChI=1S/C10H10Cl2N4S/c1-10(2,8-13-3-4-17-8)16-7-6(11)5-14-9(12)15-7/h3-5H,1-2H3,(H,14,15,16). The molecule has 17 heavy (non-hydrogen) atoms.